The molecule has 0 fully saturated rings. The molecule has 0 saturated heterocycles. The highest BCUT2D eigenvalue weighted by Gasteiger charge is 2.15. The molecule has 0 atom stereocenters. The number of halogens is 1. The maximum absolute atomic E-state index is 12.4. The van der Waals surface area contributed by atoms with Gasteiger partial charge in [-0.15, -0.1) is 0 Å². The van der Waals surface area contributed by atoms with Gasteiger partial charge in [-0.25, -0.2) is 0 Å². The lowest BCUT2D eigenvalue weighted by Gasteiger charge is -2.18. The number of carbonyl (C=O) groups is 1. The maximum Gasteiger partial charge on any atom is 0.255 e. The van der Waals surface area contributed by atoms with Gasteiger partial charge in [-0.1, -0.05) is 35.9 Å². The van der Waals surface area contributed by atoms with Crippen LogP contribution in [0.15, 0.2) is 36.4 Å². The summed E-state index contributed by atoms with van der Waals surface area (Å²) in [5.41, 5.74) is 9.05. The number of rotatable bonds is 7. The molecule has 3 N–H and O–H groups in total. The Balaban J connectivity index is 1.90. The molecule has 1 amide bonds. The van der Waals surface area contributed by atoms with Gasteiger partial charge in [0.05, 0.1) is 23.4 Å². The second-order valence-electron chi connectivity index (χ2n) is 5.99. The molecular weight excluding hydrogens is 338 g/mol. The first-order valence-electron chi connectivity index (χ1n) is 8.06. The number of amides is 1. The van der Waals surface area contributed by atoms with Gasteiger partial charge in [0.25, 0.3) is 5.91 Å². The molecular formula is C19H24ClN3O2. The van der Waals surface area contributed by atoms with Gasteiger partial charge in [0.2, 0.25) is 0 Å². The molecule has 0 aliphatic carbocycles. The number of aryl methyl sites for hydroxylation is 1. The Bertz CT molecular complexity index is 749. The molecule has 2 aromatic rings. The number of ether oxygens (including phenoxy) is 1. The first-order chi connectivity index (χ1) is 11.9. The number of nitrogens with zero attached hydrogens (tertiary/aromatic N) is 1. The van der Waals surface area contributed by atoms with Crippen LogP contribution in [0, 0.1) is 6.92 Å². The molecule has 0 spiro atoms. The average Bonchev–Trinajstić information content (AvgIpc) is 2.58. The summed E-state index contributed by atoms with van der Waals surface area (Å²) in [5, 5.41) is 3.23. The van der Waals surface area contributed by atoms with Crippen LogP contribution < -0.4 is 15.8 Å². The van der Waals surface area contributed by atoms with Crippen molar-refractivity contribution in [1.82, 2.24) is 10.2 Å². The average molecular weight is 362 g/mol. The van der Waals surface area contributed by atoms with E-state index in [-0.39, 0.29) is 5.91 Å². The topological polar surface area (TPSA) is 67.6 Å². The molecule has 0 aliphatic rings. The summed E-state index contributed by atoms with van der Waals surface area (Å²) >= 11 is 6.01. The van der Waals surface area contributed by atoms with Crippen molar-refractivity contribution in [1.29, 1.82) is 0 Å². The largest absolute Gasteiger partial charge is 0.496 e. The Morgan fingerprint density at radius 2 is 2.04 bits per heavy atom. The lowest BCUT2D eigenvalue weighted by molar-refractivity contribution is 0.0946. The number of hydrogen-bond donors (Lipinski definition) is 2. The number of nitrogen functional groups attached to an aromatic ring is 1. The SMILES string of the molecule is COc1cc(N)c(Cl)cc1C(=O)NCCN(C)Cc1ccccc1C. The summed E-state index contributed by atoms with van der Waals surface area (Å²) in [6.07, 6.45) is 0. The van der Waals surface area contributed by atoms with Gasteiger partial charge in [0, 0.05) is 25.7 Å². The van der Waals surface area contributed by atoms with Crippen molar-refractivity contribution in [2.45, 2.75) is 13.5 Å². The van der Waals surface area contributed by atoms with Crippen LogP contribution in [0.25, 0.3) is 0 Å². The molecule has 0 aromatic heterocycles. The van der Waals surface area contributed by atoms with Gasteiger partial charge < -0.3 is 20.7 Å². The normalized spacial score (nSPS) is 10.8. The monoisotopic (exact) mass is 361 g/mol. The number of nitrogens with one attached hydrogen (secondary N) is 1. The first-order valence-corrected chi connectivity index (χ1v) is 8.44. The molecule has 25 heavy (non-hydrogen) atoms. The van der Waals surface area contributed by atoms with Gasteiger partial charge in [-0.2, -0.15) is 0 Å². The van der Waals surface area contributed by atoms with Crippen LogP contribution in [0.3, 0.4) is 0 Å². The highest BCUT2D eigenvalue weighted by molar-refractivity contribution is 6.33. The Morgan fingerprint density at radius 1 is 1.32 bits per heavy atom. The molecule has 0 bridgehead atoms. The first kappa shape index (κ1) is 19.1. The summed E-state index contributed by atoms with van der Waals surface area (Å²) in [7, 11) is 3.52. The van der Waals surface area contributed by atoms with Gasteiger partial charge in [-0.3, -0.25) is 4.79 Å². The van der Waals surface area contributed by atoms with E-state index >= 15 is 0 Å². The summed E-state index contributed by atoms with van der Waals surface area (Å²) in [6, 6.07) is 11.4. The molecule has 0 radical (unpaired) electrons. The minimum atomic E-state index is -0.233. The van der Waals surface area contributed by atoms with Crippen molar-refractivity contribution in [3.05, 3.63) is 58.1 Å². The quantitative estimate of drug-likeness (QED) is 0.743. The number of hydrogen-bond acceptors (Lipinski definition) is 4. The summed E-state index contributed by atoms with van der Waals surface area (Å²) in [4.78, 5) is 14.5. The zero-order chi connectivity index (χ0) is 18.4. The minimum Gasteiger partial charge on any atom is -0.496 e. The van der Waals surface area contributed by atoms with Crippen molar-refractivity contribution >= 4 is 23.2 Å². The lowest BCUT2D eigenvalue weighted by atomic mass is 10.1. The summed E-state index contributed by atoms with van der Waals surface area (Å²) < 4.78 is 5.21. The molecule has 2 aromatic carbocycles. The molecule has 0 aliphatic heterocycles. The molecule has 0 heterocycles. The highest BCUT2D eigenvalue weighted by Crippen LogP contribution is 2.28. The molecule has 134 valence electrons. The number of anilines is 1. The number of likely N-dealkylation sites (N-methyl/N-ethyl adjacent to an activating group) is 1. The zero-order valence-electron chi connectivity index (χ0n) is 14.8. The van der Waals surface area contributed by atoms with Crippen LogP contribution in [0.1, 0.15) is 21.5 Å². The number of carbonyl (C=O) groups excluding carboxylic acids is 1. The van der Waals surface area contributed by atoms with Gasteiger partial charge in [0.1, 0.15) is 5.75 Å². The third-order valence-corrected chi connectivity index (χ3v) is 4.37. The van der Waals surface area contributed by atoms with Crippen molar-refractivity contribution in [3.8, 4) is 5.75 Å². The summed E-state index contributed by atoms with van der Waals surface area (Å²) in [5.74, 6) is 0.177. The van der Waals surface area contributed by atoms with E-state index in [9.17, 15) is 4.79 Å². The number of benzene rings is 2. The van der Waals surface area contributed by atoms with E-state index in [0.717, 1.165) is 13.1 Å². The van der Waals surface area contributed by atoms with Gasteiger partial charge in [-0.05, 0) is 31.2 Å². The fourth-order valence-electron chi connectivity index (χ4n) is 2.53. The number of nitrogens with two attached hydrogens (primary N) is 1. The number of methoxy groups -OCH3 is 1. The third-order valence-electron chi connectivity index (χ3n) is 4.04. The van der Waals surface area contributed by atoms with Crippen LogP contribution >= 0.6 is 11.6 Å². The molecule has 6 heteroatoms. The Kier molecular flexibility index (Phi) is 6.67. The second-order valence-corrected chi connectivity index (χ2v) is 6.40. The fraction of sp³-hybridized carbons (Fsp3) is 0.316. The molecule has 2 rings (SSSR count). The third kappa shape index (κ3) is 5.11. The standard InChI is InChI=1S/C19H24ClN3O2/c1-13-6-4-5-7-14(13)12-23(2)9-8-22-19(24)15-10-16(20)17(21)11-18(15)25-3/h4-7,10-11H,8-9,12,21H2,1-3H3,(H,22,24). The van der Waals surface area contributed by atoms with Crippen LogP contribution in [-0.2, 0) is 6.54 Å². The highest BCUT2D eigenvalue weighted by atomic mass is 35.5. The van der Waals surface area contributed by atoms with Crippen molar-refractivity contribution in [2.75, 3.05) is 33.0 Å². The van der Waals surface area contributed by atoms with Crippen LogP contribution in [0.4, 0.5) is 5.69 Å². The maximum atomic E-state index is 12.4. The van der Waals surface area contributed by atoms with Crippen LogP contribution in [0.5, 0.6) is 5.75 Å². The van der Waals surface area contributed by atoms with Crippen LogP contribution in [0.2, 0.25) is 5.02 Å². The summed E-state index contributed by atoms with van der Waals surface area (Å²) in [6.45, 7) is 4.18. The molecule has 5 nitrogen and oxygen atoms in total. The van der Waals surface area contributed by atoms with E-state index in [1.54, 1.807) is 6.07 Å². The molecule has 0 unspecified atom stereocenters. The van der Waals surface area contributed by atoms with E-state index in [4.69, 9.17) is 22.1 Å². The minimum absolute atomic E-state index is 0.233. The Hall–Kier alpha value is -2.24. The van der Waals surface area contributed by atoms with E-state index in [2.05, 4.69) is 29.3 Å². The zero-order valence-corrected chi connectivity index (χ0v) is 15.6. The predicted molar refractivity (Wildman–Crippen MR) is 102 cm³/mol. The van der Waals surface area contributed by atoms with Crippen molar-refractivity contribution in [3.63, 3.8) is 0 Å². The Morgan fingerprint density at radius 3 is 2.72 bits per heavy atom. The van der Waals surface area contributed by atoms with E-state index in [1.807, 2.05) is 19.2 Å². The van der Waals surface area contributed by atoms with Crippen molar-refractivity contribution in [2.24, 2.45) is 0 Å². The lowest BCUT2D eigenvalue weighted by Crippen LogP contribution is -2.33. The van der Waals surface area contributed by atoms with Crippen LogP contribution in [-0.4, -0.2) is 38.1 Å². The smallest absolute Gasteiger partial charge is 0.255 e. The van der Waals surface area contributed by atoms with E-state index in [1.165, 1.54) is 24.3 Å². The van der Waals surface area contributed by atoms with Crippen molar-refractivity contribution < 1.29 is 9.53 Å². The fourth-order valence-corrected chi connectivity index (χ4v) is 2.69. The van der Waals surface area contributed by atoms with E-state index in [0.29, 0.717) is 28.6 Å². The van der Waals surface area contributed by atoms with Gasteiger partial charge >= 0.3 is 0 Å². The predicted octanol–water partition coefficient (Wildman–Crippen LogP) is 3.10. The van der Waals surface area contributed by atoms with E-state index < -0.39 is 0 Å². The Labute approximate surface area is 153 Å². The molecule has 0 saturated carbocycles. The van der Waals surface area contributed by atoms with Gasteiger partial charge in [0.15, 0.2) is 0 Å². The second kappa shape index (κ2) is 8.74.